The SMILES string of the molecule is COc1ccc(C(c2c([O-])n(C3CCCCC3)c(=S)[nH]c2=O)c2c(O)n(C3CCCCC3)c(=S)[nH]c2=O)cc1C[NH+]1C[C@@H]2C[C@H](C1)c1cccc(=O)n1C2. The minimum absolute atomic E-state index is 0.0415. The molecule has 286 valence electrons. The Morgan fingerprint density at radius 3 is 2.22 bits per heavy atom. The molecule has 3 fully saturated rings. The molecule has 12 nitrogen and oxygen atoms in total. The Hall–Kier alpha value is -4.27. The number of nitrogens with zero attached hydrogens (tertiary/aromatic N) is 3. The number of hydrogen-bond acceptors (Lipinski definition) is 8. The van der Waals surface area contributed by atoms with Crippen molar-refractivity contribution < 1.29 is 19.8 Å². The lowest BCUT2D eigenvalue weighted by Gasteiger charge is -2.40. The largest absolute Gasteiger partial charge is 0.860 e. The quantitative estimate of drug-likeness (QED) is 0.192. The fourth-order valence-electron chi connectivity index (χ4n) is 10.1. The van der Waals surface area contributed by atoms with Crippen molar-refractivity contribution in [3.05, 3.63) is 105 Å². The van der Waals surface area contributed by atoms with Crippen LogP contribution in [0.4, 0.5) is 0 Å². The van der Waals surface area contributed by atoms with E-state index in [0.717, 1.165) is 95.0 Å². The van der Waals surface area contributed by atoms with Crippen LogP contribution in [0.25, 0.3) is 0 Å². The first-order chi connectivity index (χ1) is 26.1. The maximum atomic E-state index is 14.7. The molecule has 3 aromatic heterocycles. The van der Waals surface area contributed by atoms with E-state index in [1.54, 1.807) is 23.8 Å². The summed E-state index contributed by atoms with van der Waals surface area (Å²) < 4.78 is 11.1. The molecule has 54 heavy (non-hydrogen) atoms. The summed E-state index contributed by atoms with van der Waals surface area (Å²) in [6.45, 7) is 2.95. The number of aromatic amines is 2. The Labute approximate surface area is 323 Å². The standard InChI is InChI=1S/C40H48N6O6S2/c1-52-30-16-15-24(18-26(30)22-43-19-23-17-25(21-43)29-13-8-14-31(47)44(29)20-23)32(33-35(48)41-39(53)45(37(33)50)27-9-4-2-5-10-27)34-36(49)42-40(54)46(38(34)51)28-11-6-3-7-12-28/h8,13-16,18,23,25,27-28,32,50-51H,2-7,9-12,17,19-22H2,1H3,(H,41,48,53)(H,42,49,54)/t23-,25+/m0/s1. The fraction of sp³-hybridized carbons (Fsp3) is 0.525. The van der Waals surface area contributed by atoms with Crippen molar-refractivity contribution >= 4 is 24.4 Å². The van der Waals surface area contributed by atoms with Gasteiger partial charge >= 0.3 is 0 Å². The maximum absolute atomic E-state index is 14.7. The predicted molar refractivity (Wildman–Crippen MR) is 207 cm³/mol. The number of aromatic nitrogens is 5. The molecule has 5 heterocycles. The highest BCUT2D eigenvalue weighted by molar-refractivity contribution is 7.71. The summed E-state index contributed by atoms with van der Waals surface area (Å²) >= 11 is 11.2. The summed E-state index contributed by atoms with van der Waals surface area (Å²) in [7, 11) is 1.61. The summed E-state index contributed by atoms with van der Waals surface area (Å²) in [5.41, 5.74) is 0.862. The molecule has 0 spiro atoms. The number of ether oxygens (including phenoxy) is 1. The van der Waals surface area contributed by atoms with E-state index in [9.17, 15) is 24.6 Å². The number of nitrogens with one attached hydrogen (secondary N) is 3. The van der Waals surface area contributed by atoms with Crippen LogP contribution in [0.15, 0.2) is 50.8 Å². The van der Waals surface area contributed by atoms with Crippen molar-refractivity contribution in [3.8, 4) is 17.5 Å². The molecule has 14 heteroatoms. The molecule has 2 saturated carbocycles. The highest BCUT2D eigenvalue weighted by atomic mass is 32.1. The molecule has 1 saturated heterocycles. The van der Waals surface area contributed by atoms with E-state index in [4.69, 9.17) is 29.2 Å². The molecule has 4 N–H and O–H groups in total. The molecule has 2 bridgehead atoms. The molecule has 2 unspecified atom stereocenters. The van der Waals surface area contributed by atoms with E-state index in [1.165, 1.54) is 9.47 Å². The molecule has 4 atom stereocenters. The average Bonchev–Trinajstić information content (AvgIpc) is 3.15. The highest BCUT2D eigenvalue weighted by Crippen LogP contribution is 2.42. The van der Waals surface area contributed by atoms with Crippen LogP contribution in [0, 0.1) is 15.5 Å². The van der Waals surface area contributed by atoms with Crippen LogP contribution in [-0.4, -0.2) is 49.0 Å². The number of piperidine rings is 1. The first kappa shape index (κ1) is 36.7. The number of likely N-dealkylation sites (tertiary alicyclic amines) is 1. The zero-order valence-corrected chi connectivity index (χ0v) is 32.2. The molecule has 4 aliphatic rings. The topological polar surface area (TPSA) is 155 Å². The van der Waals surface area contributed by atoms with Crippen LogP contribution >= 0.6 is 24.4 Å². The number of pyridine rings is 1. The predicted octanol–water partition coefficient (Wildman–Crippen LogP) is 4.47. The number of rotatable bonds is 8. The molecule has 1 aromatic carbocycles. The molecule has 8 rings (SSSR count). The highest BCUT2D eigenvalue weighted by Gasteiger charge is 2.38. The Kier molecular flexibility index (Phi) is 10.3. The van der Waals surface area contributed by atoms with E-state index >= 15 is 0 Å². The molecular formula is C40H48N6O6S2. The summed E-state index contributed by atoms with van der Waals surface area (Å²) in [6, 6.07) is 10.7. The van der Waals surface area contributed by atoms with Crippen molar-refractivity contribution in [1.82, 2.24) is 23.7 Å². The van der Waals surface area contributed by atoms with Crippen molar-refractivity contribution in [3.63, 3.8) is 0 Å². The van der Waals surface area contributed by atoms with Crippen LogP contribution in [0.1, 0.15) is 122 Å². The van der Waals surface area contributed by atoms with Crippen molar-refractivity contribution in [2.45, 2.75) is 108 Å². The van der Waals surface area contributed by atoms with Gasteiger partial charge in [0, 0.05) is 53.4 Å². The Morgan fingerprint density at radius 2 is 1.54 bits per heavy atom. The second kappa shape index (κ2) is 15.1. The van der Waals surface area contributed by atoms with Gasteiger partial charge in [0.1, 0.15) is 12.3 Å². The lowest BCUT2D eigenvalue weighted by Crippen LogP contribution is -3.13. The van der Waals surface area contributed by atoms with Crippen molar-refractivity contribution in [1.29, 1.82) is 0 Å². The first-order valence-electron chi connectivity index (χ1n) is 19.5. The lowest BCUT2D eigenvalue weighted by atomic mass is 9.82. The van der Waals surface area contributed by atoms with E-state index in [2.05, 4.69) is 16.0 Å². The van der Waals surface area contributed by atoms with Gasteiger partial charge in [-0.2, -0.15) is 0 Å². The number of fused-ring (bicyclic) bond motifs is 4. The van der Waals surface area contributed by atoms with Crippen LogP contribution in [0.3, 0.4) is 0 Å². The Balaban J connectivity index is 1.27. The zero-order valence-electron chi connectivity index (χ0n) is 30.6. The lowest BCUT2D eigenvalue weighted by molar-refractivity contribution is -0.924. The molecule has 4 aromatic rings. The summed E-state index contributed by atoms with van der Waals surface area (Å²) in [4.78, 5) is 47.8. The van der Waals surface area contributed by atoms with Gasteiger partial charge in [-0.05, 0) is 86.2 Å². The Morgan fingerprint density at radius 1 is 0.889 bits per heavy atom. The summed E-state index contributed by atoms with van der Waals surface area (Å²) in [5.74, 6) is -0.897. The number of quaternary nitrogens is 1. The number of methoxy groups -OCH3 is 1. The van der Waals surface area contributed by atoms with Crippen LogP contribution in [0.2, 0.25) is 0 Å². The smallest absolute Gasteiger partial charge is 0.259 e. The van der Waals surface area contributed by atoms with Crippen molar-refractivity contribution in [2.24, 2.45) is 5.92 Å². The Bertz CT molecular complexity index is 2270. The van der Waals surface area contributed by atoms with Gasteiger partial charge in [0.25, 0.3) is 16.7 Å². The minimum atomic E-state index is -1.24. The summed E-state index contributed by atoms with van der Waals surface area (Å²) in [5, 5.41) is 26.9. The molecular weight excluding hydrogens is 725 g/mol. The molecule has 0 radical (unpaired) electrons. The van der Waals surface area contributed by atoms with E-state index in [0.29, 0.717) is 30.3 Å². The monoisotopic (exact) mass is 772 g/mol. The molecule has 2 aliphatic heterocycles. The maximum Gasteiger partial charge on any atom is 0.259 e. The molecule has 0 amide bonds. The third-order valence-corrected chi connectivity index (χ3v) is 13.1. The van der Waals surface area contributed by atoms with Gasteiger partial charge in [-0.25, -0.2) is 0 Å². The van der Waals surface area contributed by atoms with Gasteiger partial charge in [-0.3, -0.25) is 28.9 Å². The zero-order chi connectivity index (χ0) is 37.7. The second-order valence-corrected chi connectivity index (χ2v) is 16.6. The minimum Gasteiger partial charge on any atom is -0.860 e. The van der Waals surface area contributed by atoms with Gasteiger partial charge < -0.3 is 29.0 Å². The van der Waals surface area contributed by atoms with E-state index in [-0.39, 0.29) is 50.1 Å². The van der Waals surface area contributed by atoms with Gasteiger partial charge in [0.05, 0.1) is 31.7 Å². The third-order valence-electron chi connectivity index (χ3n) is 12.5. The number of H-pyrrole nitrogens is 2. The normalized spacial score (nSPS) is 22.4. The number of hydrogen-bond donors (Lipinski definition) is 4. The number of benzene rings is 1. The third kappa shape index (κ3) is 6.70. The van der Waals surface area contributed by atoms with E-state index in [1.807, 2.05) is 22.8 Å². The van der Waals surface area contributed by atoms with Gasteiger partial charge in [-0.15, -0.1) is 0 Å². The van der Waals surface area contributed by atoms with Gasteiger partial charge in [-0.1, -0.05) is 50.7 Å². The van der Waals surface area contributed by atoms with Gasteiger partial charge in [0.15, 0.2) is 9.54 Å². The average molecular weight is 773 g/mol. The van der Waals surface area contributed by atoms with Crippen molar-refractivity contribution in [2.75, 3.05) is 20.2 Å². The molecule has 2 aliphatic carbocycles. The first-order valence-corrected chi connectivity index (χ1v) is 20.3. The fourth-order valence-corrected chi connectivity index (χ4v) is 10.7. The van der Waals surface area contributed by atoms with Crippen LogP contribution in [-0.2, 0) is 13.1 Å². The van der Waals surface area contributed by atoms with Gasteiger partial charge in [0.2, 0.25) is 5.88 Å². The summed E-state index contributed by atoms with van der Waals surface area (Å²) in [6.07, 6.45) is 10.0. The second-order valence-electron chi connectivity index (χ2n) is 15.8. The number of aromatic hydroxyl groups is 1. The van der Waals surface area contributed by atoms with Crippen LogP contribution < -0.4 is 31.4 Å². The van der Waals surface area contributed by atoms with E-state index < -0.39 is 22.9 Å². The van der Waals surface area contributed by atoms with Crippen LogP contribution in [0.5, 0.6) is 17.5 Å².